The van der Waals surface area contributed by atoms with Crippen LogP contribution < -0.4 is 10.1 Å². The van der Waals surface area contributed by atoms with E-state index in [1.54, 1.807) is 18.6 Å². The molecule has 0 spiro atoms. The van der Waals surface area contributed by atoms with Gasteiger partial charge in [-0.3, -0.25) is 0 Å². The van der Waals surface area contributed by atoms with E-state index in [-0.39, 0.29) is 30.6 Å². The van der Waals surface area contributed by atoms with Crippen LogP contribution >= 0.6 is 11.6 Å². The lowest BCUT2D eigenvalue weighted by Gasteiger charge is -2.17. The summed E-state index contributed by atoms with van der Waals surface area (Å²) in [6.07, 6.45) is 2.82. The number of ether oxygens (including phenoxy) is 3. The number of imidazole rings is 1. The zero-order valence-electron chi connectivity index (χ0n) is 18.9. The van der Waals surface area contributed by atoms with Gasteiger partial charge in [-0.05, 0) is 42.2 Å². The number of furan rings is 1. The second kappa shape index (κ2) is 8.45. The highest BCUT2D eigenvalue weighted by molar-refractivity contribution is 6.33. The van der Waals surface area contributed by atoms with E-state index < -0.39 is 18.3 Å². The molecule has 2 aliphatic heterocycles. The number of benzene rings is 1. The molecule has 5 heterocycles. The van der Waals surface area contributed by atoms with Crippen LogP contribution in [-0.4, -0.2) is 57.7 Å². The average Bonchev–Trinajstić information content (AvgIpc) is 3.66. The standard InChI is InChI=1S/C25H22ClFN4O5/c26-14-7-17-24(31-25(29-17)36-19-10-35-21-18(32)9-34-22(19)21)30-23(14)28-16-2-1-11-5-13(6-15(27)20(11)16)12-3-4-33-8-12/h3-8,16,18-19,21-22,32H,1-2,9-10H2,(H2,28,29,30,31)/t16?,18-,19-,21-,22-/m1/s1. The van der Waals surface area contributed by atoms with Crippen LogP contribution in [0.15, 0.2) is 41.2 Å². The normalized spacial score (nSPS) is 26.9. The largest absolute Gasteiger partial charge is 0.472 e. The lowest BCUT2D eigenvalue weighted by atomic mass is 10.0. The predicted octanol–water partition coefficient (Wildman–Crippen LogP) is 4.02. The second-order valence-electron chi connectivity index (χ2n) is 9.33. The first-order valence-electron chi connectivity index (χ1n) is 11.8. The van der Waals surface area contributed by atoms with Gasteiger partial charge >= 0.3 is 0 Å². The van der Waals surface area contributed by atoms with E-state index in [1.807, 2.05) is 12.1 Å². The van der Waals surface area contributed by atoms with Crippen molar-refractivity contribution in [1.29, 1.82) is 0 Å². The number of H-pyrrole nitrogens is 1. The average molecular weight is 513 g/mol. The number of halogens is 2. The minimum Gasteiger partial charge on any atom is -0.472 e. The molecule has 36 heavy (non-hydrogen) atoms. The summed E-state index contributed by atoms with van der Waals surface area (Å²) < 4.78 is 37.5. The molecule has 11 heteroatoms. The van der Waals surface area contributed by atoms with Gasteiger partial charge in [0.1, 0.15) is 29.9 Å². The Hall–Kier alpha value is -3.18. The van der Waals surface area contributed by atoms with Gasteiger partial charge in [0.2, 0.25) is 0 Å². The summed E-state index contributed by atoms with van der Waals surface area (Å²) in [7, 11) is 0. The second-order valence-corrected chi connectivity index (χ2v) is 9.74. The van der Waals surface area contributed by atoms with E-state index >= 15 is 4.39 Å². The number of aromatic amines is 1. The predicted molar refractivity (Wildman–Crippen MR) is 128 cm³/mol. The highest BCUT2D eigenvalue weighted by Crippen LogP contribution is 2.40. The van der Waals surface area contributed by atoms with Crippen LogP contribution in [0.5, 0.6) is 6.01 Å². The first-order chi connectivity index (χ1) is 17.5. The first-order valence-corrected chi connectivity index (χ1v) is 12.2. The summed E-state index contributed by atoms with van der Waals surface area (Å²) in [6, 6.07) is 7.05. The number of aryl methyl sites for hydroxylation is 1. The molecule has 5 atom stereocenters. The molecule has 1 unspecified atom stereocenters. The van der Waals surface area contributed by atoms with Crippen LogP contribution in [-0.2, 0) is 15.9 Å². The number of rotatable bonds is 5. The van der Waals surface area contributed by atoms with Crippen molar-refractivity contribution in [3.05, 3.63) is 58.8 Å². The molecule has 0 bridgehead atoms. The topological polar surface area (TPSA) is 115 Å². The molecule has 186 valence electrons. The Morgan fingerprint density at radius 2 is 2.03 bits per heavy atom. The van der Waals surface area contributed by atoms with Gasteiger partial charge in [-0.15, -0.1) is 0 Å². The molecule has 7 rings (SSSR count). The molecule has 3 N–H and O–H groups in total. The third kappa shape index (κ3) is 3.64. The van der Waals surface area contributed by atoms with Crippen molar-refractivity contribution >= 4 is 28.6 Å². The quantitative estimate of drug-likeness (QED) is 0.367. The number of aromatic nitrogens is 3. The maximum atomic E-state index is 15.2. The first kappa shape index (κ1) is 22.1. The van der Waals surface area contributed by atoms with Gasteiger partial charge in [-0.25, -0.2) is 9.37 Å². The third-order valence-corrected chi connectivity index (χ3v) is 7.37. The molecule has 1 aromatic carbocycles. The van der Waals surface area contributed by atoms with Gasteiger partial charge in [0.25, 0.3) is 6.01 Å². The van der Waals surface area contributed by atoms with Gasteiger partial charge in [0.15, 0.2) is 11.8 Å². The van der Waals surface area contributed by atoms with Gasteiger partial charge in [-0.2, -0.15) is 4.98 Å². The van der Waals surface area contributed by atoms with Crippen LogP contribution in [0.25, 0.3) is 22.3 Å². The number of nitrogens with one attached hydrogen (secondary N) is 2. The minimum absolute atomic E-state index is 0.219. The molecule has 9 nitrogen and oxygen atoms in total. The van der Waals surface area contributed by atoms with Crippen molar-refractivity contribution in [2.75, 3.05) is 18.5 Å². The lowest BCUT2D eigenvalue weighted by Crippen LogP contribution is -2.34. The van der Waals surface area contributed by atoms with Crippen molar-refractivity contribution in [2.45, 2.75) is 43.3 Å². The van der Waals surface area contributed by atoms with E-state index in [1.165, 1.54) is 6.07 Å². The Labute approximate surface area is 209 Å². The Bertz CT molecular complexity index is 1440. The Morgan fingerprint density at radius 1 is 1.14 bits per heavy atom. The number of hydrogen-bond donors (Lipinski definition) is 3. The number of nitrogens with zero attached hydrogens (tertiary/aromatic N) is 2. The van der Waals surface area contributed by atoms with Gasteiger partial charge < -0.3 is 34.0 Å². The highest BCUT2D eigenvalue weighted by Gasteiger charge is 2.48. The monoisotopic (exact) mass is 512 g/mol. The zero-order chi connectivity index (χ0) is 24.4. The van der Waals surface area contributed by atoms with Gasteiger partial charge in [0, 0.05) is 11.1 Å². The molecule has 0 radical (unpaired) electrons. The Balaban J connectivity index is 1.12. The molecule has 3 aromatic heterocycles. The van der Waals surface area contributed by atoms with E-state index in [0.29, 0.717) is 40.6 Å². The Morgan fingerprint density at radius 3 is 2.89 bits per heavy atom. The van der Waals surface area contributed by atoms with Crippen LogP contribution in [0.4, 0.5) is 10.2 Å². The fourth-order valence-corrected chi connectivity index (χ4v) is 5.57. The molecule has 4 aromatic rings. The van der Waals surface area contributed by atoms with Crippen LogP contribution in [0.2, 0.25) is 5.02 Å². The fraction of sp³-hybridized carbons (Fsp3) is 0.360. The van der Waals surface area contributed by atoms with E-state index in [9.17, 15) is 5.11 Å². The molecule has 2 saturated heterocycles. The molecule has 0 amide bonds. The summed E-state index contributed by atoms with van der Waals surface area (Å²) >= 11 is 6.52. The maximum absolute atomic E-state index is 15.2. The summed E-state index contributed by atoms with van der Waals surface area (Å²) in [4.78, 5) is 12.1. The summed E-state index contributed by atoms with van der Waals surface area (Å²) in [6.45, 7) is 0.510. The molecule has 3 aliphatic rings. The SMILES string of the molecule is O[C@@H]1CO[C@H]2[C@@H]1OC[C@H]2Oc1nc2nc(NC3CCc4cc(-c5ccoc5)cc(F)c43)c(Cl)cc2[nH]1. The number of hydrogen-bond acceptors (Lipinski definition) is 8. The van der Waals surface area contributed by atoms with Crippen molar-refractivity contribution in [2.24, 2.45) is 0 Å². The van der Waals surface area contributed by atoms with Gasteiger partial charge in [-0.1, -0.05) is 17.7 Å². The fourth-order valence-electron chi connectivity index (χ4n) is 5.36. The molecule has 2 fully saturated rings. The number of aliphatic hydroxyl groups excluding tert-OH is 1. The molecule has 0 saturated carbocycles. The zero-order valence-corrected chi connectivity index (χ0v) is 19.7. The van der Waals surface area contributed by atoms with Crippen molar-refractivity contribution in [1.82, 2.24) is 15.0 Å². The van der Waals surface area contributed by atoms with E-state index in [4.69, 9.17) is 30.2 Å². The van der Waals surface area contributed by atoms with Crippen molar-refractivity contribution in [3.63, 3.8) is 0 Å². The third-order valence-electron chi connectivity index (χ3n) is 7.08. The summed E-state index contributed by atoms with van der Waals surface area (Å²) in [5, 5.41) is 13.6. The van der Waals surface area contributed by atoms with Gasteiger partial charge in [0.05, 0.1) is 42.3 Å². The highest BCUT2D eigenvalue weighted by atomic mass is 35.5. The summed E-state index contributed by atoms with van der Waals surface area (Å²) in [5.74, 6) is 0.146. The lowest BCUT2D eigenvalue weighted by molar-refractivity contribution is 0.00706. The van der Waals surface area contributed by atoms with Crippen LogP contribution in [0, 0.1) is 5.82 Å². The van der Waals surface area contributed by atoms with E-state index in [2.05, 4.69) is 20.3 Å². The number of pyridine rings is 1. The number of anilines is 1. The molecule has 1 aliphatic carbocycles. The number of fused-ring (bicyclic) bond motifs is 3. The van der Waals surface area contributed by atoms with Crippen LogP contribution in [0.3, 0.4) is 0 Å². The maximum Gasteiger partial charge on any atom is 0.296 e. The van der Waals surface area contributed by atoms with E-state index in [0.717, 1.165) is 23.1 Å². The van der Waals surface area contributed by atoms with Crippen molar-refractivity contribution in [3.8, 4) is 17.1 Å². The minimum atomic E-state index is -0.656. The molecular formula is C25H22ClFN4O5. The Kier molecular flexibility index (Phi) is 5.17. The van der Waals surface area contributed by atoms with Crippen LogP contribution in [0.1, 0.15) is 23.6 Å². The number of aliphatic hydroxyl groups is 1. The smallest absolute Gasteiger partial charge is 0.296 e. The summed E-state index contributed by atoms with van der Waals surface area (Å²) in [5.41, 5.74) is 4.22. The molecular weight excluding hydrogens is 491 g/mol. The van der Waals surface area contributed by atoms with Crippen molar-refractivity contribution < 1.29 is 28.1 Å².